The molecule has 1 aromatic heterocycles. The monoisotopic (exact) mass is 318 g/mol. The Balaban J connectivity index is 1.58. The Morgan fingerprint density at radius 1 is 1.52 bits per heavy atom. The van der Waals surface area contributed by atoms with Gasteiger partial charge < -0.3 is 20.3 Å². The highest BCUT2D eigenvalue weighted by molar-refractivity contribution is 5.74. The van der Waals surface area contributed by atoms with Gasteiger partial charge >= 0.3 is 6.03 Å². The van der Waals surface area contributed by atoms with Gasteiger partial charge in [0.2, 0.25) is 0 Å². The van der Waals surface area contributed by atoms with Gasteiger partial charge in [-0.3, -0.25) is 4.98 Å². The first-order valence-corrected chi connectivity index (χ1v) is 8.42. The van der Waals surface area contributed by atoms with E-state index in [1.54, 1.807) is 6.20 Å². The maximum atomic E-state index is 12.3. The van der Waals surface area contributed by atoms with E-state index in [1.165, 1.54) is 0 Å². The molecule has 2 aliphatic heterocycles. The number of rotatable bonds is 3. The number of aromatic nitrogens is 1. The number of ether oxygens (including phenoxy) is 1. The number of pyridine rings is 1. The van der Waals surface area contributed by atoms with E-state index in [4.69, 9.17) is 4.74 Å². The minimum absolute atomic E-state index is 0.0198. The summed E-state index contributed by atoms with van der Waals surface area (Å²) < 4.78 is 6.15. The van der Waals surface area contributed by atoms with E-state index in [0.717, 1.165) is 31.5 Å². The minimum Gasteiger partial charge on any atom is -0.379 e. The third-order valence-electron chi connectivity index (χ3n) is 4.48. The fourth-order valence-electron chi connectivity index (χ4n) is 3.51. The van der Waals surface area contributed by atoms with Crippen molar-refractivity contribution in [1.29, 1.82) is 0 Å². The number of nitrogens with zero attached hydrogens (tertiary/aromatic N) is 2. The highest BCUT2D eigenvalue weighted by atomic mass is 16.5. The van der Waals surface area contributed by atoms with Crippen molar-refractivity contribution in [2.75, 3.05) is 25.0 Å². The third-order valence-corrected chi connectivity index (χ3v) is 4.48. The van der Waals surface area contributed by atoms with Crippen LogP contribution in [0.5, 0.6) is 0 Å². The van der Waals surface area contributed by atoms with E-state index in [2.05, 4.69) is 15.6 Å². The number of anilines is 1. The lowest BCUT2D eigenvalue weighted by Gasteiger charge is -2.40. The quantitative estimate of drug-likeness (QED) is 0.897. The largest absolute Gasteiger partial charge is 0.379 e. The van der Waals surface area contributed by atoms with Crippen LogP contribution >= 0.6 is 0 Å². The number of hydrogen-bond acceptors (Lipinski definition) is 4. The Labute approximate surface area is 137 Å². The molecule has 2 atom stereocenters. The first kappa shape index (κ1) is 16.1. The Morgan fingerprint density at radius 2 is 2.39 bits per heavy atom. The molecule has 1 aromatic rings. The van der Waals surface area contributed by atoms with Crippen molar-refractivity contribution in [1.82, 2.24) is 15.2 Å². The van der Waals surface area contributed by atoms with Gasteiger partial charge in [-0.1, -0.05) is 0 Å². The Bertz CT molecular complexity index is 537. The average molecular weight is 318 g/mol. The number of carbonyl (C=O) groups is 1. The van der Waals surface area contributed by atoms with Crippen LogP contribution in [0, 0.1) is 0 Å². The third kappa shape index (κ3) is 3.93. The molecule has 126 valence electrons. The van der Waals surface area contributed by atoms with E-state index in [-0.39, 0.29) is 23.7 Å². The fraction of sp³-hybridized carbons (Fsp3) is 0.647. The second-order valence-corrected chi connectivity index (χ2v) is 6.91. The molecule has 3 heterocycles. The molecular formula is C17H26N4O2. The number of nitrogens with one attached hydrogen (secondary N) is 2. The molecule has 0 saturated carbocycles. The molecule has 0 radical (unpaired) electrons. The van der Waals surface area contributed by atoms with Crippen LogP contribution in [0.4, 0.5) is 10.5 Å². The van der Waals surface area contributed by atoms with Gasteiger partial charge in [0.1, 0.15) is 0 Å². The highest BCUT2D eigenvalue weighted by Gasteiger charge is 2.44. The van der Waals surface area contributed by atoms with Crippen LogP contribution in [0.2, 0.25) is 0 Å². The summed E-state index contributed by atoms with van der Waals surface area (Å²) in [5, 5.41) is 6.46. The summed E-state index contributed by atoms with van der Waals surface area (Å²) in [7, 11) is 0. The van der Waals surface area contributed by atoms with E-state index in [1.807, 2.05) is 37.1 Å². The minimum atomic E-state index is -0.202. The summed E-state index contributed by atoms with van der Waals surface area (Å²) in [6.07, 6.45) is 6.53. The van der Waals surface area contributed by atoms with Crippen LogP contribution < -0.4 is 10.6 Å². The normalized spacial score (nSPS) is 27.4. The lowest BCUT2D eigenvalue weighted by Crippen LogP contribution is -2.54. The predicted octanol–water partition coefficient (Wildman–Crippen LogP) is 2.24. The summed E-state index contributed by atoms with van der Waals surface area (Å²) >= 11 is 0. The van der Waals surface area contributed by atoms with Gasteiger partial charge in [0.25, 0.3) is 0 Å². The Morgan fingerprint density at radius 3 is 3.13 bits per heavy atom. The number of carbonyl (C=O) groups excluding carboxylic acids is 1. The van der Waals surface area contributed by atoms with Gasteiger partial charge in [0.15, 0.2) is 0 Å². The van der Waals surface area contributed by atoms with Crippen molar-refractivity contribution in [2.45, 2.75) is 50.8 Å². The van der Waals surface area contributed by atoms with Gasteiger partial charge in [0, 0.05) is 31.4 Å². The van der Waals surface area contributed by atoms with Gasteiger partial charge in [-0.15, -0.1) is 0 Å². The van der Waals surface area contributed by atoms with Gasteiger partial charge in [-0.25, -0.2) is 4.79 Å². The fourth-order valence-corrected chi connectivity index (χ4v) is 3.51. The number of amides is 2. The molecule has 0 bridgehead atoms. The second kappa shape index (κ2) is 6.74. The lowest BCUT2D eigenvalue weighted by molar-refractivity contribution is -0.0410. The van der Waals surface area contributed by atoms with Crippen molar-refractivity contribution in [3.8, 4) is 0 Å². The standard InChI is InChI=1S/C17H26N4O2/c1-13(2)19-16(22)21-8-4-6-17(12-21)9-15(11-23-17)20-14-5-3-7-18-10-14/h3,5,7,10,13,15,20H,4,6,8-9,11-12H2,1-2H3,(H,19,22)/t15-,17-/m1/s1. The summed E-state index contributed by atoms with van der Waals surface area (Å²) in [6.45, 7) is 6.13. The van der Waals surface area contributed by atoms with Crippen molar-refractivity contribution in [2.24, 2.45) is 0 Å². The average Bonchev–Trinajstić information content (AvgIpc) is 2.90. The van der Waals surface area contributed by atoms with Crippen LogP contribution in [-0.4, -0.2) is 53.3 Å². The maximum Gasteiger partial charge on any atom is 0.317 e. The number of likely N-dealkylation sites (tertiary alicyclic amines) is 1. The lowest BCUT2D eigenvalue weighted by atomic mass is 9.89. The first-order chi connectivity index (χ1) is 11.1. The van der Waals surface area contributed by atoms with Crippen molar-refractivity contribution in [3.05, 3.63) is 24.5 Å². The zero-order valence-electron chi connectivity index (χ0n) is 13.9. The molecule has 2 N–H and O–H groups in total. The maximum absolute atomic E-state index is 12.3. The molecule has 6 nitrogen and oxygen atoms in total. The van der Waals surface area contributed by atoms with Crippen molar-refractivity contribution in [3.63, 3.8) is 0 Å². The summed E-state index contributed by atoms with van der Waals surface area (Å²) in [5.41, 5.74) is 0.815. The molecule has 3 rings (SSSR count). The Kier molecular flexibility index (Phi) is 4.71. The molecular weight excluding hydrogens is 292 g/mol. The molecule has 2 amide bonds. The zero-order chi connectivity index (χ0) is 16.3. The van der Waals surface area contributed by atoms with Gasteiger partial charge in [-0.2, -0.15) is 0 Å². The van der Waals surface area contributed by atoms with E-state index >= 15 is 0 Å². The van der Waals surface area contributed by atoms with Crippen LogP contribution in [0.3, 0.4) is 0 Å². The van der Waals surface area contributed by atoms with E-state index in [9.17, 15) is 4.79 Å². The predicted molar refractivity (Wildman–Crippen MR) is 89.4 cm³/mol. The van der Waals surface area contributed by atoms with Crippen LogP contribution in [0.25, 0.3) is 0 Å². The van der Waals surface area contributed by atoms with Crippen molar-refractivity contribution >= 4 is 11.7 Å². The van der Waals surface area contributed by atoms with E-state index < -0.39 is 0 Å². The van der Waals surface area contributed by atoms with E-state index in [0.29, 0.717) is 13.2 Å². The van der Waals surface area contributed by atoms with Crippen LogP contribution in [-0.2, 0) is 4.74 Å². The molecule has 0 unspecified atom stereocenters. The molecule has 0 aliphatic carbocycles. The summed E-state index contributed by atoms with van der Waals surface area (Å²) in [4.78, 5) is 18.3. The van der Waals surface area contributed by atoms with Crippen LogP contribution in [0.1, 0.15) is 33.1 Å². The number of piperidine rings is 1. The summed E-state index contributed by atoms with van der Waals surface area (Å²) in [6, 6.07) is 4.39. The second-order valence-electron chi connectivity index (χ2n) is 6.91. The van der Waals surface area contributed by atoms with Crippen molar-refractivity contribution < 1.29 is 9.53 Å². The van der Waals surface area contributed by atoms with Crippen LogP contribution in [0.15, 0.2) is 24.5 Å². The Hall–Kier alpha value is -1.82. The highest BCUT2D eigenvalue weighted by Crippen LogP contribution is 2.35. The number of hydrogen-bond donors (Lipinski definition) is 2. The SMILES string of the molecule is CC(C)NC(=O)N1CCC[C@@]2(C[C@@H](Nc3cccnc3)CO2)C1. The molecule has 23 heavy (non-hydrogen) atoms. The van der Waals surface area contributed by atoms with Gasteiger partial charge in [0.05, 0.1) is 30.5 Å². The molecule has 2 fully saturated rings. The molecule has 1 spiro atoms. The zero-order valence-corrected chi connectivity index (χ0v) is 13.9. The molecule has 0 aromatic carbocycles. The van der Waals surface area contributed by atoms with Gasteiger partial charge in [-0.05, 0) is 38.8 Å². The smallest absolute Gasteiger partial charge is 0.317 e. The molecule has 6 heteroatoms. The first-order valence-electron chi connectivity index (χ1n) is 8.42. The topological polar surface area (TPSA) is 66.5 Å². The molecule has 2 aliphatic rings. The molecule has 2 saturated heterocycles. The number of urea groups is 1. The summed E-state index contributed by atoms with van der Waals surface area (Å²) in [5.74, 6) is 0.